The van der Waals surface area contributed by atoms with E-state index in [1.807, 2.05) is 0 Å². The van der Waals surface area contributed by atoms with Crippen molar-refractivity contribution in [2.45, 2.75) is 58.4 Å². The van der Waals surface area contributed by atoms with Crippen molar-refractivity contribution in [3.05, 3.63) is 0 Å². The van der Waals surface area contributed by atoms with Crippen LogP contribution in [0.3, 0.4) is 0 Å². The molecule has 0 aliphatic carbocycles. The van der Waals surface area contributed by atoms with Gasteiger partial charge < -0.3 is 28.4 Å². The van der Waals surface area contributed by atoms with Crippen LogP contribution >= 0.6 is 0 Å². The quantitative estimate of drug-likeness (QED) is 0.470. The number of hydrogen-bond acceptors (Lipinski definition) is 9. The molecule has 0 bridgehead atoms. The van der Waals surface area contributed by atoms with Gasteiger partial charge in [-0.15, -0.1) is 0 Å². The van der Waals surface area contributed by atoms with Crippen LogP contribution in [0, 0.1) is 0 Å². The summed E-state index contributed by atoms with van der Waals surface area (Å²) < 4.78 is 31.9. The molecule has 0 spiro atoms. The van der Waals surface area contributed by atoms with Gasteiger partial charge in [-0.3, -0.25) is 14.4 Å². The highest BCUT2D eigenvalue weighted by Gasteiger charge is 2.52. The molecule has 1 aliphatic heterocycles. The summed E-state index contributed by atoms with van der Waals surface area (Å²) >= 11 is 0. The smallest absolute Gasteiger partial charge is 0.303 e. The fraction of sp³-hybridized carbons (Fsp3) is 0.800. The summed E-state index contributed by atoms with van der Waals surface area (Å²) in [4.78, 5) is 34.3. The molecular weight excluding hydrogens is 324 g/mol. The Bertz CT molecular complexity index is 450. The fourth-order valence-electron chi connectivity index (χ4n) is 2.41. The molecule has 0 aromatic heterocycles. The molecule has 0 aromatic carbocycles. The molecular formula is C15H24O9. The third-order valence-electron chi connectivity index (χ3n) is 3.22. The summed E-state index contributed by atoms with van der Waals surface area (Å²) in [5.74, 6) is -1.84. The van der Waals surface area contributed by atoms with Crippen LogP contribution in [0.25, 0.3) is 0 Å². The molecule has 0 amide bonds. The SMILES string of the molecule is CCOC[C@H]1O[C@H](OC)[C@@H](OC(C)=O)[C@@H](OC(C)=O)[C@@H]1OC(C)=O. The number of esters is 3. The predicted octanol–water partition coefficient (Wildman–Crippen LogP) is 0.189. The first-order valence-electron chi connectivity index (χ1n) is 7.57. The van der Waals surface area contributed by atoms with E-state index >= 15 is 0 Å². The minimum absolute atomic E-state index is 0.0822. The number of carbonyl (C=O) groups excluding carboxylic acids is 3. The molecule has 1 saturated heterocycles. The second kappa shape index (κ2) is 9.55. The average molecular weight is 348 g/mol. The highest BCUT2D eigenvalue weighted by molar-refractivity contribution is 5.68. The molecule has 0 N–H and O–H groups in total. The van der Waals surface area contributed by atoms with Crippen LogP contribution in [-0.2, 0) is 42.8 Å². The van der Waals surface area contributed by atoms with Crippen molar-refractivity contribution in [1.29, 1.82) is 0 Å². The maximum atomic E-state index is 11.5. The third kappa shape index (κ3) is 5.73. The van der Waals surface area contributed by atoms with Crippen molar-refractivity contribution >= 4 is 17.9 Å². The van der Waals surface area contributed by atoms with Crippen LogP contribution in [0.5, 0.6) is 0 Å². The Morgan fingerprint density at radius 1 is 0.875 bits per heavy atom. The van der Waals surface area contributed by atoms with Gasteiger partial charge in [0, 0.05) is 34.5 Å². The van der Waals surface area contributed by atoms with Gasteiger partial charge in [0.2, 0.25) is 0 Å². The molecule has 138 valence electrons. The standard InChI is InChI=1S/C15H24O9/c1-6-20-7-11-12(21-8(2)16)13(22-9(3)17)14(23-10(4)18)15(19-5)24-11/h11-15H,6-7H2,1-5H3/t11-,12-,13+,14+,15+/m1/s1. The summed E-state index contributed by atoms with van der Waals surface area (Å²) in [6, 6.07) is 0. The zero-order chi connectivity index (χ0) is 18.3. The maximum absolute atomic E-state index is 11.5. The molecule has 1 fully saturated rings. The van der Waals surface area contributed by atoms with Crippen molar-refractivity contribution in [2.75, 3.05) is 20.3 Å². The van der Waals surface area contributed by atoms with Crippen LogP contribution in [0.1, 0.15) is 27.7 Å². The van der Waals surface area contributed by atoms with Gasteiger partial charge in [0.1, 0.15) is 6.10 Å². The number of carbonyl (C=O) groups is 3. The molecule has 1 rings (SSSR count). The monoisotopic (exact) mass is 348 g/mol. The van der Waals surface area contributed by atoms with Gasteiger partial charge in [0.25, 0.3) is 0 Å². The molecule has 0 radical (unpaired) electrons. The van der Waals surface area contributed by atoms with E-state index in [0.29, 0.717) is 6.61 Å². The normalized spacial score (nSPS) is 29.6. The van der Waals surface area contributed by atoms with Crippen molar-refractivity contribution in [3.8, 4) is 0 Å². The zero-order valence-electron chi connectivity index (χ0n) is 14.5. The van der Waals surface area contributed by atoms with Crippen LogP contribution < -0.4 is 0 Å². The van der Waals surface area contributed by atoms with E-state index in [1.165, 1.54) is 27.9 Å². The summed E-state index contributed by atoms with van der Waals surface area (Å²) in [7, 11) is 1.36. The lowest BCUT2D eigenvalue weighted by molar-refractivity contribution is -0.303. The molecule has 0 aromatic rings. The minimum Gasteiger partial charge on any atom is -0.456 e. The zero-order valence-corrected chi connectivity index (χ0v) is 14.5. The molecule has 1 heterocycles. The van der Waals surface area contributed by atoms with Crippen molar-refractivity contribution < 1.29 is 42.8 Å². The lowest BCUT2D eigenvalue weighted by atomic mass is 9.98. The summed E-state index contributed by atoms with van der Waals surface area (Å²) in [5, 5.41) is 0. The molecule has 9 heteroatoms. The van der Waals surface area contributed by atoms with Crippen LogP contribution in [-0.4, -0.2) is 68.9 Å². The van der Waals surface area contributed by atoms with E-state index < -0.39 is 48.6 Å². The largest absolute Gasteiger partial charge is 0.456 e. The second-order valence-electron chi connectivity index (χ2n) is 5.16. The van der Waals surface area contributed by atoms with E-state index in [2.05, 4.69) is 0 Å². The van der Waals surface area contributed by atoms with Gasteiger partial charge in [-0.1, -0.05) is 0 Å². The molecule has 24 heavy (non-hydrogen) atoms. The molecule has 0 saturated carbocycles. The van der Waals surface area contributed by atoms with E-state index in [-0.39, 0.29) is 6.61 Å². The lowest BCUT2D eigenvalue weighted by Gasteiger charge is -2.43. The van der Waals surface area contributed by atoms with Gasteiger partial charge in [-0.2, -0.15) is 0 Å². The number of ether oxygens (including phenoxy) is 6. The first-order valence-corrected chi connectivity index (χ1v) is 7.57. The van der Waals surface area contributed by atoms with Gasteiger partial charge in [-0.25, -0.2) is 0 Å². The maximum Gasteiger partial charge on any atom is 0.303 e. The Morgan fingerprint density at radius 2 is 1.38 bits per heavy atom. The van der Waals surface area contributed by atoms with E-state index in [4.69, 9.17) is 28.4 Å². The first kappa shape index (κ1) is 20.3. The van der Waals surface area contributed by atoms with Crippen LogP contribution in [0.4, 0.5) is 0 Å². The summed E-state index contributed by atoms with van der Waals surface area (Å²) in [6.45, 7) is 5.90. The minimum atomic E-state index is -1.08. The average Bonchev–Trinajstić information content (AvgIpc) is 2.48. The van der Waals surface area contributed by atoms with Gasteiger partial charge in [0.15, 0.2) is 24.6 Å². The molecule has 0 unspecified atom stereocenters. The Kier molecular flexibility index (Phi) is 8.09. The van der Waals surface area contributed by atoms with Gasteiger partial charge in [0.05, 0.1) is 6.61 Å². The van der Waals surface area contributed by atoms with Crippen molar-refractivity contribution in [1.82, 2.24) is 0 Å². The number of methoxy groups -OCH3 is 1. The summed E-state index contributed by atoms with van der Waals surface area (Å²) in [6.07, 6.45) is -4.93. The lowest BCUT2D eigenvalue weighted by Crippen LogP contribution is -2.62. The Hall–Kier alpha value is -1.71. The van der Waals surface area contributed by atoms with Gasteiger partial charge in [-0.05, 0) is 6.92 Å². The number of hydrogen-bond donors (Lipinski definition) is 0. The van der Waals surface area contributed by atoms with Gasteiger partial charge >= 0.3 is 17.9 Å². The highest BCUT2D eigenvalue weighted by atomic mass is 16.7. The van der Waals surface area contributed by atoms with Crippen molar-refractivity contribution in [2.24, 2.45) is 0 Å². The Morgan fingerprint density at radius 3 is 1.83 bits per heavy atom. The van der Waals surface area contributed by atoms with E-state index in [9.17, 15) is 14.4 Å². The van der Waals surface area contributed by atoms with Crippen LogP contribution in [0.15, 0.2) is 0 Å². The van der Waals surface area contributed by atoms with E-state index in [0.717, 1.165) is 0 Å². The fourth-order valence-corrected chi connectivity index (χ4v) is 2.41. The molecule has 5 atom stereocenters. The van der Waals surface area contributed by atoms with E-state index in [1.54, 1.807) is 6.92 Å². The third-order valence-corrected chi connectivity index (χ3v) is 3.22. The molecule has 9 nitrogen and oxygen atoms in total. The van der Waals surface area contributed by atoms with Crippen molar-refractivity contribution in [3.63, 3.8) is 0 Å². The number of rotatable bonds is 7. The Labute approximate surface area is 140 Å². The summed E-state index contributed by atoms with van der Waals surface area (Å²) in [5.41, 5.74) is 0. The Balaban J connectivity index is 3.15. The second-order valence-corrected chi connectivity index (χ2v) is 5.16. The predicted molar refractivity (Wildman–Crippen MR) is 78.8 cm³/mol. The first-order chi connectivity index (χ1) is 11.3. The van der Waals surface area contributed by atoms with Crippen LogP contribution in [0.2, 0.25) is 0 Å². The molecule has 1 aliphatic rings. The topological polar surface area (TPSA) is 107 Å². The highest BCUT2D eigenvalue weighted by Crippen LogP contribution is 2.29.